The number of rotatable bonds is 7. The van der Waals surface area contributed by atoms with Crippen molar-refractivity contribution in [2.75, 3.05) is 0 Å². The highest BCUT2D eigenvalue weighted by molar-refractivity contribution is 6.13. The minimum Gasteiger partial charge on any atom is -0.308 e. The van der Waals surface area contributed by atoms with E-state index in [2.05, 4.69) is 101 Å². The monoisotopic (exact) mass is 938 g/mol. The van der Waals surface area contributed by atoms with Crippen LogP contribution in [0.4, 0.5) is 0 Å². The lowest BCUT2D eigenvalue weighted by Crippen LogP contribution is -2.06. The lowest BCUT2D eigenvalue weighted by Gasteiger charge is -2.19. The van der Waals surface area contributed by atoms with Gasteiger partial charge in [-0.1, -0.05) is 48.5 Å². The number of hydrogen-bond acceptors (Lipinski definition) is 14. The highest BCUT2D eigenvalue weighted by Crippen LogP contribution is 2.43. The largest absolute Gasteiger partial charge is 0.308 e. The maximum atomic E-state index is 11.9. The molecule has 0 unspecified atom stereocenters. The van der Waals surface area contributed by atoms with Crippen LogP contribution in [0.1, 0.15) is 52.2 Å². The van der Waals surface area contributed by atoms with Crippen molar-refractivity contribution in [3.8, 4) is 74.1 Å². The second-order valence-electron chi connectivity index (χ2n) is 17.8. The quantitative estimate of drug-likeness (QED) is 0.146. The van der Waals surface area contributed by atoms with Gasteiger partial charge in [0.15, 0.2) is 23.3 Å². The van der Waals surface area contributed by atoms with E-state index in [-0.39, 0.29) is 0 Å². The zero-order chi connectivity index (χ0) is 49.5. The van der Waals surface area contributed by atoms with Gasteiger partial charge in [0, 0.05) is 56.2 Å². The van der Waals surface area contributed by atoms with E-state index in [1.807, 2.05) is 91.8 Å². The average Bonchev–Trinajstić information content (AvgIpc) is 3.86. The van der Waals surface area contributed by atoms with Crippen LogP contribution in [-0.2, 0) is 0 Å². The van der Waals surface area contributed by atoms with Crippen LogP contribution in [0.5, 0.6) is 0 Å². The Morgan fingerprint density at radius 1 is 0.319 bits per heavy atom. The van der Waals surface area contributed by atoms with E-state index in [4.69, 9.17) is 39.9 Å². The molecule has 0 atom stereocenters. The minimum absolute atomic E-state index is 0.411. The molecule has 72 heavy (non-hydrogen) atoms. The van der Waals surface area contributed by atoms with Crippen LogP contribution in [0.3, 0.4) is 0 Å². The van der Waals surface area contributed by atoms with Crippen molar-refractivity contribution >= 4 is 43.6 Å². The summed E-state index contributed by atoms with van der Waals surface area (Å²) in [5.74, 6) is 7.12. The first-order chi connectivity index (χ1) is 34.8. The van der Waals surface area contributed by atoms with Gasteiger partial charge in [0.05, 0.1) is 33.4 Å². The molecule has 0 amide bonds. The van der Waals surface area contributed by atoms with Crippen LogP contribution in [0.2, 0.25) is 0 Å². The van der Waals surface area contributed by atoms with Crippen LogP contribution in [0, 0.1) is 66.7 Å². The Balaban J connectivity index is 1.23. The maximum absolute atomic E-state index is 11.9. The molecule has 0 aliphatic carbocycles. The number of nitrogens with zero attached hydrogens (tertiary/aromatic N) is 16. The summed E-state index contributed by atoms with van der Waals surface area (Å²) in [5, 5.41) is 15.8. The molecule has 16 nitrogen and oxygen atoms in total. The van der Waals surface area contributed by atoms with Crippen molar-refractivity contribution in [2.45, 2.75) is 55.4 Å². The van der Waals surface area contributed by atoms with E-state index >= 15 is 0 Å². The van der Waals surface area contributed by atoms with Crippen molar-refractivity contribution < 1.29 is 0 Å². The molecule has 0 saturated heterocycles. The molecule has 5 aromatic carbocycles. The van der Waals surface area contributed by atoms with Crippen molar-refractivity contribution in [3.05, 3.63) is 162 Å². The molecule has 0 radical (unpaired) electrons. The first-order valence-electron chi connectivity index (χ1n) is 23.3. The smallest absolute Gasteiger partial charge is 0.163 e. The average molecular weight is 939 g/mol. The van der Waals surface area contributed by atoms with Gasteiger partial charge in [0.2, 0.25) is 0 Å². The standard InChI is InChI=1S/C56H42N16/c1-28-59-29(2)64-53(63-28)37-9-13-42-43-14-10-38(54-65-30(3)60-31(4)66-54)22-48(43)71(47(42)21-37)51-25-41(36-17-19-58-20-18-36)26-52(46(51)27-57)72-49-23-39(55-67-32(5)61-33(6)68-55)11-15-44(49)45-16-12-40(24-50(45)72)56-69-34(7)62-35(8)70-56/h9-26H,1-8H3. The van der Waals surface area contributed by atoms with Crippen LogP contribution >= 0.6 is 0 Å². The summed E-state index contributed by atoms with van der Waals surface area (Å²) in [6.45, 7) is 14.9. The summed E-state index contributed by atoms with van der Waals surface area (Å²) < 4.78 is 4.34. The number of fused-ring (bicyclic) bond motifs is 6. The van der Waals surface area contributed by atoms with E-state index in [9.17, 15) is 5.26 Å². The first kappa shape index (κ1) is 43.6. The summed E-state index contributed by atoms with van der Waals surface area (Å²) in [6, 6.07) is 35.8. The molecule has 0 fully saturated rings. The van der Waals surface area contributed by atoms with Gasteiger partial charge in [-0.25, -0.2) is 59.8 Å². The summed E-state index contributed by atoms with van der Waals surface area (Å²) in [7, 11) is 0. The summed E-state index contributed by atoms with van der Waals surface area (Å²) in [5.41, 5.74) is 9.95. The maximum Gasteiger partial charge on any atom is 0.163 e. The fourth-order valence-corrected chi connectivity index (χ4v) is 9.88. The molecular formula is C56H42N16. The van der Waals surface area contributed by atoms with Gasteiger partial charge in [-0.3, -0.25) is 4.98 Å². The van der Waals surface area contributed by atoms with Crippen molar-refractivity contribution in [1.29, 1.82) is 5.26 Å². The molecule has 0 N–H and O–H groups in total. The van der Waals surface area contributed by atoms with Crippen LogP contribution in [0.25, 0.3) is 112 Å². The van der Waals surface area contributed by atoms with Gasteiger partial charge in [-0.2, -0.15) is 5.26 Å². The third kappa shape index (κ3) is 7.51. The second kappa shape index (κ2) is 16.8. The highest BCUT2D eigenvalue weighted by Gasteiger charge is 2.25. The van der Waals surface area contributed by atoms with E-state index in [1.54, 1.807) is 12.4 Å². The van der Waals surface area contributed by atoms with Gasteiger partial charge in [0.25, 0.3) is 0 Å². The molecule has 0 aliphatic rings. The minimum atomic E-state index is 0.411. The second-order valence-corrected chi connectivity index (χ2v) is 17.8. The van der Waals surface area contributed by atoms with Crippen molar-refractivity contribution in [1.82, 2.24) is 73.9 Å². The Hall–Kier alpha value is -9.62. The predicted molar refractivity (Wildman–Crippen MR) is 276 cm³/mol. The molecule has 0 spiro atoms. The summed E-state index contributed by atoms with van der Waals surface area (Å²) >= 11 is 0. The van der Waals surface area contributed by atoms with Crippen molar-refractivity contribution in [3.63, 3.8) is 0 Å². The zero-order valence-electron chi connectivity index (χ0n) is 40.5. The van der Waals surface area contributed by atoms with Crippen molar-refractivity contribution in [2.24, 2.45) is 0 Å². The molecular weight excluding hydrogens is 897 g/mol. The molecule has 7 aromatic heterocycles. The van der Waals surface area contributed by atoms with E-state index < -0.39 is 0 Å². The van der Waals surface area contributed by atoms with E-state index in [0.29, 0.717) is 86.8 Å². The Labute approximate surface area is 412 Å². The first-order valence-corrected chi connectivity index (χ1v) is 23.3. The fraction of sp³-hybridized carbons (Fsp3) is 0.143. The number of pyridine rings is 1. The number of hydrogen-bond donors (Lipinski definition) is 0. The normalized spacial score (nSPS) is 11.6. The van der Waals surface area contributed by atoms with E-state index in [0.717, 1.165) is 77.0 Å². The molecule has 12 rings (SSSR count). The summed E-state index contributed by atoms with van der Waals surface area (Å²) in [4.78, 5) is 60.4. The molecule has 7 heterocycles. The third-order valence-corrected chi connectivity index (χ3v) is 12.7. The molecule has 0 aliphatic heterocycles. The lowest BCUT2D eigenvalue weighted by atomic mass is 10.0. The fourth-order valence-electron chi connectivity index (χ4n) is 9.88. The number of benzene rings is 5. The lowest BCUT2D eigenvalue weighted by molar-refractivity contribution is 0.928. The van der Waals surface area contributed by atoms with Crippen LogP contribution < -0.4 is 0 Å². The van der Waals surface area contributed by atoms with E-state index in [1.165, 1.54) is 0 Å². The molecule has 0 saturated carbocycles. The van der Waals surface area contributed by atoms with Gasteiger partial charge < -0.3 is 9.13 Å². The van der Waals surface area contributed by atoms with Gasteiger partial charge in [0.1, 0.15) is 58.2 Å². The molecule has 346 valence electrons. The Bertz CT molecular complexity index is 3740. The molecule has 0 bridgehead atoms. The number of aryl methyl sites for hydroxylation is 8. The highest BCUT2D eigenvalue weighted by atomic mass is 15.1. The Morgan fingerprint density at radius 2 is 0.597 bits per heavy atom. The van der Waals surface area contributed by atoms with Gasteiger partial charge in [-0.15, -0.1) is 0 Å². The summed E-state index contributed by atoms with van der Waals surface area (Å²) in [6.07, 6.45) is 3.55. The topological polar surface area (TPSA) is 201 Å². The SMILES string of the molecule is Cc1nc(C)nc(-c2ccc3c4ccc(-c5nc(C)nc(C)n5)cc4n(-c4cc(-c5ccncc5)cc(-n5c6cc(-c7nc(C)nc(C)n7)ccc6c6ccc(-c7nc(C)nc(C)n7)cc65)c4C#N)c3c2)n1. The predicted octanol–water partition coefficient (Wildman–Crippen LogP) is 10.7. The number of aromatic nitrogens is 15. The molecule has 12 aromatic rings. The zero-order valence-corrected chi connectivity index (χ0v) is 40.5. The van der Waals surface area contributed by atoms with Crippen LogP contribution in [-0.4, -0.2) is 73.9 Å². The van der Waals surface area contributed by atoms with Gasteiger partial charge in [-0.05, 0) is 115 Å². The Kier molecular flexibility index (Phi) is 10.2. The molecule has 16 heteroatoms. The van der Waals surface area contributed by atoms with Gasteiger partial charge >= 0.3 is 0 Å². The Morgan fingerprint density at radius 3 is 0.861 bits per heavy atom. The third-order valence-electron chi connectivity index (χ3n) is 12.7. The number of nitriles is 1. The van der Waals surface area contributed by atoms with Crippen LogP contribution in [0.15, 0.2) is 109 Å².